The lowest BCUT2D eigenvalue weighted by atomic mass is 9.84. The number of likely N-dealkylation sites (tertiary alicyclic amines) is 1. The van der Waals surface area contributed by atoms with Gasteiger partial charge in [-0.25, -0.2) is 0 Å². The Morgan fingerprint density at radius 2 is 2.04 bits per heavy atom. The van der Waals surface area contributed by atoms with Gasteiger partial charge in [-0.05, 0) is 44.0 Å². The van der Waals surface area contributed by atoms with Gasteiger partial charge in [0, 0.05) is 18.7 Å². The number of hydrogen-bond donors (Lipinski definition) is 2. The summed E-state index contributed by atoms with van der Waals surface area (Å²) in [7, 11) is 0. The van der Waals surface area contributed by atoms with E-state index in [4.69, 9.17) is 4.42 Å². The Morgan fingerprint density at radius 1 is 1.25 bits per heavy atom. The molecular formula is C21H23N3O4. The normalized spacial score (nSPS) is 23.8. The number of hydrogen-bond acceptors (Lipinski definition) is 4. The third kappa shape index (κ3) is 3.40. The average Bonchev–Trinajstić information content (AvgIpc) is 3.40. The van der Waals surface area contributed by atoms with Crippen LogP contribution in [0.2, 0.25) is 0 Å². The number of furan rings is 1. The predicted molar refractivity (Wildman–Crippen MR) is 101 cm³/mol. The van der Waals surface area contributed by atoms with E-state index in [-0.39, 0.29) is 24.3 Å². The highest BCUT2D eigenvalue weighted by atomic mass is 16.3. The minimum Gasteiger partial charge on any atom is -0.465 e. The van der Waals surface area contributed by atoms with Crippen molar-refractivity contribution in [2.45, 2.75) is 32.4 Å². The number of carbonyl (C=O) groups is 3. The summed E-state index contributed by atoms with van der Waals surface area (Å²) in [5, 5.41) is 5.62. The standard InChI is InChI=1S/C21H23N3O4/c1-14-7-8-16(28-14)12-22-18(25)17-11-21(20(27)23-17)9-10-24(13-21)19(26)15-5-3-2-4-6-15/h2-8,17H,9-13H2,1H3,(H,22,25)(H,23,27)/t17-,21-/m0/s1. The highest BCUT2D eigenvalue weighted by Gasteiger charge is 2.53. The van der Waals surface area contributed by atoms with Crippen LogP contribution < -0.4 is 10.6 Å². The monoisotopic (exact) mass is 381 g/mol. The Labute approximate surface area is 163 Å². The molecule has 2 atom stereocenters. The zero-order valence-electron chi connectivity index (χ0n) is 15.7. The molecule has 1 spiro atoms. The van der Waals surface area contributed by atoms with Gasteiger partial charge in [0.25, 0.3) is 5.91 Å². The molecule has 7 nitrogen and oxygen atoms in total. The Kier molecular flexibility index (Phi) is 4.66. The lowest BCUT2D eigenvalue weighted by Crippen LogP contribution is -2.41. The van der Waals surface area contributed by atoms with Crippen LogP contribution in [0.1, 0.15) is 34.7 Å². The summed E-state index contributed by atoms with van der Waals surface area (Å²) in [5.41, 5.74) is -0.0748. The van der Waals surface area contributed by atoms with Crippen LogP contribution in [0.5, 0.6) is 0 Å². The number of nitrogens with one attached hydrogen (secondary N) is 2. The van der Waals surface area contributed by atoms with E-state index in [9.17, 15) is 14.4 Å². The lowest BCUT2D eigenvalue weighted by molar-refractivity contribution is -0.128. The van der Waals surface area contributed by atoms with Crippen molar-refractivity contribution >= 4 is 17.7 Å². The fourth-order valence-corrected chi connectivity index (χ4v) is 4.04. The van der Waals surface area contributed by atoms with Gasteiger partial charge >= 0.3 is 0 Å². The molecule has 7 heteroatoms. The summed E-state index contributed by atoms with van der Waals surface area (Å²) in [6, 6.07) is 12.1. The molecule has 0 radical (unpaired) electrons. The Balaban J connectivity index is 1.37. The fourth-order valence-electron chi connectivity index (χ4n) is 4.04. The zero-order valence-corrected chi connectivity index (χ0v) is 15.7. The molecule has 0 aliphatic carbocycles. The summed E-state index contributed by atoms with van der Waals surface area (Å²) < 4.78 is 5.45. The first-order chi connectivity index (χ1) is 13.5. The van der Waals surface area contributed by atoms with E-state index in [1.807, 2.05) is 37.3 Å². The van der Waals surface area contributed by atoms with Gasteiger partial charge in [-0.2, -0.15) is 0 Å². The van der Waals surface area contributed by atoms with Gasteiger partial charge in [0.05, 0.1) is 12.0 Å². The Bertz CT molecular complexity index is 907. The van der Waals surface area contributed by atoms with Gasteiger partial charge in [-0.15, -0.1) is 0 Å². The van der Waals surface area contributed by atoms with Gasteiger partial charge in [0.2, 0.25) is 11.8 Å². The van der Waals surface area contributed by atoms with E-state index in [2.05, 4.69) is 10.6 Å². The SMILES string of the molecule is Cc1ccc(CNC(=O)[C@@H]2C[C@]3(CCN(C(=O)c4ccccc4)C3)C(=O)N2)o1. The molecule has 3 heterocycles. The summed E-state index contributed by atoms with van der Waals surface area (Å²) in [5.74, 6) is 1.00. The third-order valence-corrected chi connectivity index (χ3v) is 5.59. The molecule has 2 aromatic rings. The molecule has 2 saturated heterocycles. The van der Waals surface area contributed by atoms with Crippen molar-refractivity contribution in [1.82, 2.24) is 15.5 Å². The lowest BCUT2D eigenvalue weighted by Gasteiger charge is -2.21. The molecule has 1 aromatic carbocycles. The zero-order chi connectivity index (χ0) is 19.7. The first-order valence-corrected chi connectivity index (χ1v) is 9.45. The van der Waals surface area contributed by atoms with Crippen molar-refractivity contribution in [3.05, 3.63) is 59.5 Å². The maximum absolute atomic E-state index is 12.7. The fraction of sp³-hybridized carbons (Fsp3) is 0.381. The number of carbonyl (C=O) groups excluding carboxylic acids is 3. The van der Waals surface area contributed by atoms with Crippen LogP contribution in [-0.2, 0) is 16.1 Å². The number of amides is 3. The van der Waals surface area contributed by atoms with Crippen molar-refractivity contribution in [3.8, 4) is 0 Å². The molecule has 1 aromatic heterocycles. The third-order valence-electron chi connectivity index (χ3n) is 5.59. The van der Waals surface area contributed by atoms with Crippen molar-refractivity contribution in [1.29, 1.82) is 0 Å². The topological polar surface area (TPSA) is 91.7 Å². The first-order valence-electron chi connectivity index (χ1n) is 9.45. The quantitative estimate of drug-likeness (QED) is 0.842. The van der Waals surface area contributed by atoms with Crippen molar-refractivity contribution in [3.63, 3.8) is 0 Å². The van der Waals surface area contributed by atoms with Crippen LogP contribution in [0.15, 0.2) is 46.9 Å². The van der Waals surface area contributed by atoms with Gasteiger partial charge in [-0.1, -0.05) is 18.2 Å². The van der Waals surface area contributed by atoms with E-state index in [1.54, 1.807) is 17.0 Å². The molecule has 2 aliphatic heterocycles. The number of benzene rings is 1. The summed E-state index contributed by atoms with van der Waals surface area (Å²) in [4.78, 5) is 39.5. The van der Waals surface area contributed by atoms with Crippen LogP contribution in [0, 0.1) is 12.3 Å². The van der Waals surface area contributed by atoms with Crippen LogP contribution in [-0.4, -0.2) is 41.8 Å². The van der Waals surface area contributed by atoms with Gasteiger partial charge in [0.1, 0.15) is 17.6 Å². The Hall–Kier alpha value is -3.09. The summed E-state index contributed by atoms with van der Waals surface area (Å²) in [6.45, 7) is 2.98. The molecule has 28 heavy (non-hydrogen) atoms. The molecule has 2 fully saturated rings. The van der Waals surface area contributed by atoms with E-state index in [0.717, 1.165) is 5.76 Å². The molecule has 2 N–H and O–H groups in total. The maximum atomic E-state index is 12.7. The molecule has 3 amide bonds. The minimum absolute atomic E-state index is 0.0774. The molecule has 0 saturated carbocycles. The van der Waals surface area contributed by atoms with E-state index in [1.165, 1.54) is 0 Å². The van der Waals surface area contributed by atoms with Gasteiger partial charge in [-0.3, -0.25) is 14.4 Å². The van der Waals surface area contributed by atoms with Gasteiger partial charge < -0.3 is 20.0 Å². The van der Waals surface area contributed by atoms with E-state index < -0.39 is 11.5 Å². The largest absolute Gasteiger partial charge is 0.465 e. The average molecular weight is 381 g/mol. The van der Waals surface area contributed by atoms with E-state index >= 15 is 0 Å². The summed E-state index contributed by atoms with van der Waals surface area (Å²) in [6.07, 6.45) is 0.964. The number of aryl methyl sites for hydroxylation is 1. The van der Waals surface area contributed by atoms with Crippen LogP contribution >= 0.6 is 0 Å². The van der Waals surface area contributed by atoms with Crippen LogP contribution in [0.3, 0.4) is 0 Å². The van der Waals surface area contributed by atoms with Crippen molar-refractivity contribution in [2.24, 2.45) is 5.41 Å². The van der Waals surface area contributed by atoms with Crippen molar-refractivity contribution in [2.75, 3.05) is 13.1 Å². The molecular weight excluding hydrogens is 358 g/mol. The highest BCUT2D eigenvalue weighted by Crippen LogP contribution is 2.40. The van der Waals surface area contributed by atoms with Crippen LogP contribution in [0.4, 0.5) is 0 Å². The van der Waals surface area contributed by atoms with Crippen molar-refractivity contribution < 1.29 is 18.8 Å². The molecule has 4 rings (SSSR count). The second kappa shape index (κ2) is 7.14. The first kappa shape index (κ1) is 18.3. The molecule has 2 aliphatic rings. The molecule has 146 valence electrons. The summed E-state index contributed by atoms with van der Waals surface area (Å²) >= 11 is 0. The number of rotatable bonds is 4. The Morgan fingerprint density at radius 3 is 2.75 bits per heavy atom. The molecule has 0 unspecified atom stereocenters. The molecule has 0 bridgehead atoms. The highest BCUT2D eigenvalue weighted by molar-refractivity contribution is 5.97. The van der Waals surface area contributed by atoms with E-state index in [0.29, 0.717) is 37.3 Å². The predicted octanol–water partition coefficient (Wildman–Crippen LogP) is 1.63. The maximum Gasteiger partial charge on any atom is 0.253 e. The number of nitrogens with zero attached hydrogens (tertiary/aromatic N) is 1. The van der Waals surface area contributed by atoms with Gasteiger partial charge in [0.15, 0.2) is 0 Å². The second-order valence-corrected chi connectivity index (χ2v) is 7.58. The van der Waals surface area contributed by atoms with Crippen LogP contribution in [0.25, 0.3) is 0 Å². The second-order valence-electron chi connectivity index (χ2n) is 7.58. The smallest absolute Gasteiger partial charge is 0.253 e. The minimum atomic E-state index is -0.687.